The zero-order chi connectivity index (χ0) is 18.5. The van der Waals surface area contributed by atoms with E-state index < -0.39 is 11.9 Å². The smallest absolute Gasteiger partial charge is 0.355 e. The van der Waals surface area contributed by atoms with Crippen LogP contribution in [-0.4, -0.2) is 32.7 Å². The molecule has 140 valence electrons. The fourth-order valence-electron chi connectivity index (χ4n) is 3.59. The molecule has 0 amide bonds. The fourth-order valence-corrected chi connectivity index (χ4v) is 3.59. The average molecular weight is 367 g/mol. The second kappa shape index (κ2) is 6.14. The van der Waals surface area contributed by atoms with Crippen LogP contribution >= 0.6 is 0 Å². The van der Waals surface area contributed by atoms with Crippen molar-refractivity contribution in [3.8, 4) is 0 Å². The molecule has 3 heterocycles. The number of aryl methyl sites for hydroxylation is 1. The second-order valence-electron chi connectivity index (χ2n) is 7.17. The Bertz CT molecular complexity index is 868. The summed E-state index contributed by atoms with van der Waals surface area (Å²) in [5, 5.41) is 0. The first-order chi connectivity index (χ1) is 12.3. The predicted molar refractivity (Wildman–Crippen MR) is 89.1 cm³/mol. The van der Waals surface area contributed by atoms with Crippen LogP contribution in [0.1, 0.15) is 36.8 Å². The van der Waals surface area contributed by atoms with Crippen LogP contribution in [0.3, 0.4) is 0 Å². The maximum Gasteiger partial charge on any atom is 0.434 e. The molecule has 4 rings (SSSR count). The third kappa shape index (κ3) is 3.22. The van der Waals surface area contributed by atoms with E-state index in [2.05, 4.69) is 9.97 Å². The summed E-state index contributed by atoms with van der Waals surface area (Å²) in [6.45, 7) is 1.03. The number of fused-ring (bicyclic) bond motifs is 1. The van der Waals surface area contributed by atoms with Crippen LogP contribution in [0.15, 0.2) is 23.4 Å². The highest BCUT2D eigenvalue weighted by Crippen LogP contribution is 2.33. The van der Waals surface area contributed by atoms with Gasteiger partial charge in [0.2, 0.25) is 0 Å². The van der Waals surface area contributed by atoms with Gasteiger partial charge in [0, 0.05) is 51.2 Å². The van der Waals surface area contributed by atoms with Crippen molar-refractivity contribution in [1.29, 1.82) is 0 Å². The lowest BCUT2D eigenvalue weighted by atomic mass is 9.99. The first-order valence-corrected chi connectivity index (χ1v) is 8.74. The Morgan fingerprint density at radius 2 is 2.08 bits per heavy atom. The molecule has 2 aromatic rings. The van der Waals surface area contributed by atoms with E-state index >= 15 is 0 Å². The summed E-state index contributed by atoms with van der Waals surface area (Å²) >= 11 is 0. The first-order valence-electron chi connectivity index (χ1n) is 8.74. The molecule has 1 aliphatic heterocycles. The number of imidazole rings is 1. The number of rotatable bonds is 4. The van der Waals surface area contributed by atoms with Crippen molar-refractivity contribution in [2.24, 2.45) is 5.92 Å². The molecule has 2 aliphatic rings. The molecule has 1 aliphatic carbocycles. The summed E-state index contributed by atoms with van der Waals surface area (Å²) in [6, 6.07) is 0.279. The van der Waals surface area contributed by atoms with Crippen LogP contribution < -0.4 is 10.5 Å². The maximum atomic E-state index is 12.8. The highest BCUT2D eigenvalue weighted by Gasteiger charge is 2.36. The Labute approximate surface area is 148 Å². The zero-order valence-electron chi connectivity index (χ0n) is 14.4. The standard InChI is InChI=1S/C17H20F3N5O/c1-23(15-16(26)25(7-6-21-15)12-3-4-12)8-11-2-5-14-22-13(17(18,19)20)10-24(14)9-11/h6-7,10-12H,2-5,8-9H2,1H3. The van der Waals surface area contributed by atoms with Crippen LogP contribution in [-0.2, 0) is 19.1 Å². The molecular formula is C17H20F3N5O. The molecule has 1 saturated carbocycles. The van der Waals surface area contributed by atoms with E-state index in [1.54, 1.807) is 21.5 Å². The van der Waals surface area contributed by atoms with Crippen LogP contribution in [0.5, 0.6) is 0 Å². The van der Waals surface area contributed by atoms with Crippen molar-refractivity contribution in [2.75, 3.05) is 18.5 Å². The number of hydrogen-bond acceptors (Lipinski definition) is 4. The topological polar surface area (TPSA) is 56.0 Å². The molecule has 0 saturated heterocycles. The molecule has 1 fully saturated rings. The quantitative estimate of drug-likeness (QED) is 0.833. The number of nitrogens with zero attached hydrogens (tertiary/aromatic N) is 5. The van der Waals surface area contributed by atoms with E-state index in [4.69, 9.17) is 0 Å². The third-order valence-corrected chi connectivity index (χ3v) is 5.06. The first kappa shape index (κ1) is 17.1. The minimum atomic E-state index is -4.42. The number of halogens is 3. The van der Waals surface area contributed by atoms with E-state index in [0.29, 0.717) is 31.2 Å². The van der Waals surface area contributed by atoms with Gasteiger partial charge in [0.1, 0.15) is 5.82 Å². The van der Waals surface area contributed by atoms with E-state index in [0.717, 1.165) is 25.5 Å². The van der Waals surface area contributed by atoms with Crippen molar-refractivity contribution >= 4 is 5.82 Å². The van der Waals surface area contributed by atoms with Gasteiger partial charge >= 0.3 is 6.18 Å². The molecule has 26 heavy (non-hydrogen) atoms. The van der Waals surface area contributed by atoms with Crippen LogP contribution in [0.2, 0.25) is 0 Å². The lowest BCUT2D eigenvalue weighted by molar-refractivity contribution is -0.141. The maximum absolute atomic E-state index is 12.8. The lowest BCUT2D eigenvalue weighted by Crippen LogP contribution is -2.36. The summed E-state index contributed by atoms with van der Waals surface area (Å²) in [6.07, 6.45) is 3.29. The van der Waals surface area contributed by atoms with Gasteiger partial charge in [0.05, 0.1) is 0 Å². The largest absolute Gasteiger partial charge is 0.434 e. The minimum Gasteiger partial charge on any atom is -0.355 e. The molecule has 2 aromatic heterocycles. The summed E-state index contributed by atoms with van der Waals surface area (Å²) in [4.78, 5) is 22.3. The molecule has 6 nitrogen and oxygen atoms in total. The van der Waals surface area contributed by atoms with Crippen molar-refractivity contribution in [3.05, 3.63) is 40.5 Å². The molecule has 0 bridgehead atoms. The highest BCUT2D eigenvalue weighted by atomic mass is 19.4. The SMILES string of the molecule is CN(CC1CCc2nc(C(F)(F)F)cn2C1)c1nccn(C2CC2)c1=O. The van der Waals surface area contributed by atoms with Crippen molar-refractivity contribution < 1.29 is 13.2 Å². The Morgan fingerprint density at radius 3 is 2.77 bits per heavy atom. The van der Waals surface area contributed by atoms with Crippen molar-refractivity contribution in [2.45, 2.75) is 44.4 Å². The third-order valence-electron chi connectivity index (χ3n) is 5.06. The molecule has 0 spiro atoms. The van der Waals surface area contributed by atoms with Crippen LogP contribution in [0.4, 0.5) is 19.0 Å². The van der Waals surface area contributed by atoms with Gasteiger partial charge in [-0.25, -0.2) is 9.97 Å². The molecule has 9 heteroatoms. The monoisotopic (exact) mass is 367 g/mol. The average Bonchev–Trinajstić information content (AvgIpc) is 3.32. The molecule has 0 radical (unpaired) electrons. The Kier molecular flexibility index (Phi) is 4.04. The van der Waals surface area contributed by atoms with Gasteiger partial charge in [-0.2, -0.15) is 13.2 Å². The van der Waals surface area contributed by atoms with E-state index in [1.807, 2.05) is 11.9 Å². The summed E-state index contributed by atoms with van der Waals surface area (Å²) < 4.78 is 41.8. The number of aromatic nitrogens is 4. The normalized spacial score (nSPS) is 20.1. The summed E-state index contributed by atoms with van der Waals surface area (Å²) in [5.41, 5.74) is -0.936. The summed E-state index contributed by atoms with van der Waals surface area (Å²) in [5.74, 6) is 1.01. The molecule has 1 atom stereocenters. The Balaban J connectivity index is 1.48. The number of alkyl halides is 3. The van der Waals surface area contributed by atoms with Gasteiger partial charge in [-0.3, -0.25) is 4.79 Å². The van der Waals surface area contributed by atoms with Gasteiger partial charge < -0.3 is 14.0 Å². The lowest BCUT2D eigenvalue weighted by Gasteiger charge is -2.28. The molecule has 1 unspecified atom stereocenters. The molecule has 0 N–H and O–H groups in total. The van der Waals surface area contributed by atoms with Gasteiger partial charge in [-0.05, 0) is 25.2 Å². The van der Waals surface area contributed by atoms with E-state index in [1.165, 1.54) is 0 Å². The van der Waals surface area contributed by atoms with Gasteiger partial charge in [0.25, 0.3) is 5.56 Å². The van der Waals surface area contributed by atoms with Crippen molar-refractivity contribution in [1.82, 2.24) is 19.1 Å². The van der Waals surface area contributed by atoms with Gasteiger partial charge in [-0.1, -0.05) is 0 Å². The molecule has 0 aromatic carbocycles. The zero-order valence-corrected chi connectivity index (χ0v) is 14.4. The Hall–Kier alpha value is -2.32. The number of anilines is 1. The van der Waals surface area contributed by atoms with Gasteiger partial charge in [0.15, 0.2) is 11.5 Å². The predicted octanol–water partition coefficient (Wildman–Crippen LogP) is 2.49. The Morgan fingerprint density at radius 1 is 1.31 bits per heavy atom. The van der Waals surface area contributed by atoms with E-state index in [9.17, 15) is 18.0 Å². The number of hydrogen-bond donors (Lipinski definition) is 0. The van der Waals surface area contributed by atoms with Crippen LogP contribution in [0, 0.1) is 5.92 Å². The van der Waals surface area contributed by atoms with Gasteiger partial charge in [-0.15, -0.1) is 0 Å². The summed E-state index contributed by atoms with van der Waals surface area (Å²) in [7, 11) is 1.81. The minimum absolute atomic E-state index is 0.101. The fraction of sp³-hybridized carbons (Fsp3) is 0.588. The second-order valence-corrected chi connectivity index (χ2v) is 7.17. The van der Waals surface area contributed by atoms with Crippen molar-refractivity contribution in [3.63, 3.8) is 0 Å². The highest BCUT2D eigenvalue weighted by molar-refractivity contribution is 5.34. The molecular weight excluding hydrogens is 347 g/mol. The van der Waals surface area contributed by atoms with E-state index in [-0.39, 0.29) is 17.5 Å². The van der Waals surface area contributed by atoms with Crippen LogP contribution in [0.25, 0.3) is 0 Å².